The Morgan fingerprint density at radius 2 is 2.23 bits per heavy atom. The van der Waals surface area contributed by atoms with E-state index in [0.29, 0.717) is 0 Å². The van der Waals surface area contributed by atoms with Crippen LogP contribution in [0.3, 0.4) is 0 Å². The summed E-state index contributed by atoms with van der Waals surface area (Å²) in [7, 11) is 0. The van der Waals surface area contributed by atoms with Crippen molar-refractivity contribution in [3.05, 3.63) is 33.2 Å². The molecular weight excluding hydrogens is 178 g/mol. The lowest BCUT2D eigenvalue weighted by Gasteiger charge is -2.02. The molecule has 0 fully saturated rings. The van der Waals surface area contributed by atoms with Crippen molar-refractivity contribution in [2.24, 2.45) is 0 Å². The lowest BCUT2D eigenvalue weighted by atomic mass is 10.2. The fraction of sp³-hybridized carbons (Fsp3) is 0.250. The van der Waals surface area contributed by atoms with E-state index in [2.05, 4.69) is 4.98 Å². The molecule has 13 heavy (non-hydrogen) atoms. The predicted octanol–water partition coefficient (Wildman–Crippen LogP) is 1.49. The normalized spacial score (nSPS) is 10.1. The summed E-state index contributed by atoms with van der Waals surface area (Å²) < 4.78 is 24.4. The highest BCUT2D eigenvalue weighted by Gasteiger charge is 2.15. The average molecular weight is 184 g/mol. The Hall–Kier alpha value is -1.70. The lowest BCUT2D eigenvalue weighted by molar-refractivity contribution is 0.149. The van der Waals surface area contributed by atoms with Crippen molar-refractivity contribution >= 4 is 0 Å². The quantitative estimate of drug-likeness (QED) is 0.718. The number of rotatable bonds is 1. The SMILES string of the molecule is Cc1[nH]c(C#N)cc(=O)c1C(F)F. The zero-order valence-corrected chi connectivity index (χ0v) is 6.77. The topological polar surface area (TPSA) is 56.6 Å². The molecule has 1 N–H and O–H groups in total. The molecule has 3 nitrogen and oxygen atoms in total. The first-order valence-electron chi connectivity index (χ1n) is 3.48. The van der Waals surface area contributed by atoms with Gasteiger partial charge in [-0.15, -0.1) is 0 Å². The van der Waals surface area contributed by atoms with Gasteiger partial charge in [-0.2, -0.15) is 5.26 Å². The van der Waals surface area contributed by atoms with E-state index in [0.717, 1.165) is 6.07 Å². The summed E-state index contributed by atoms with van der Waals surface area (Å²) in [6.45, 7) is 1.34. The van der Waals surface area contributed by atoms with Gasteiger partial charge in [0.2, 0.25) is 0 Å². The molecule has 1 rings (SSSR count). The van der Waals surface area contributed by atoms with Crippen LogP contribution < -0.4 is 5.43 Å². The maximum Gasteiger partial charge on any atom is 0.269 e. The molecule has 0 unspecified atom stereocenters. The highest BCUT2D eigenvalue weighted by Crippen LogP contribution is 2.17. The van der Waals surface area contributed by atoms with Crippen LogP contribution in [0, 0.1) is 18.3 Å². The molecule has 0 aliphatic rings. The largest absolute Gasteiger partial charge is 0.350 e. The summed E-state index contributed by atoms with van der Waals surface area (Å²) in [6, 6.07) is 2.54. The molecular formula is C8H6F2N2O. The zero-order valence-electron chi connectivity index (χ0n) is 6.77. The van der Waals surface area contributed by atoms with E-state index >= 15 is 0 Å². The van der Waals surface area contributed by atoms with E-state index in [-0.39, 0.29) is 11.4 Å². The number of pyridine rings is 1. The fourth-order valence-electron chi connectivity index (χ4n) is 1.03. The number of halogens is 2. The Labute approximate surface area is 72.6 Å². The summed E-state index contributed by atoms with van der Waals surface area (Å²) in [5.74, 6) is 0. The molecule has 0 aliphatic heterocycles. The third-order valence-electron chi connectivity index (χ3n) is 1.61. The van der Waals surface area contributed by atoms with Crippen molar-refractivity contribution in [2.75, 3.05) is 0 Å². The van der Waals surface area contributed by atoms with Gasteiger partial charge in [0.25, 0.3) is 6.43 Å². The molecule has 0 spiro atoms. The number of nitriles is 1. The van der Waals surface area contributed by atoms with Gasteiger partial charge in [-0.1, -0.05) is 0 Å². The summed E-state index contributed by atoms with van der Waals surface area (Å²) in [6.07, 6.45) is -2.81. The van der Waals surface area contributed by atoms with Crippen molar-refractivity contribution in [2.45, 2.75) is 13.3 Å². The summed E-state index contributed by atoms with van der Waals surface area (Å²) in [5.41, 5.74) is -1.34. The number of nitrogens with one attached hydrogen (secondary N) is 1. The van der Waals surface area contributed by atoms with Crippen LogP contribution in [0.2, 0.25) is 0 Å². The minimum atomic E-state index is -2.81. The van der Waals surface area contributed by atoms with E-state index in [9.17, 15) is 13.6 Å². The Kier molecular flexibility index (Phi) is 2.42. The van der Waals surface area contributed by atoms with Gasteiger partial charge < -0.3 is 4.98 Å². The predicted molar refractivity (Wildman–Crippen MR) is 41.5 cm³/mol. The van der Waals surface area contributed by atoms with E-state index in [1.807, 2.05) is 0 Å². The third-order valence-corrected chi connectivity index (χ3v) is 1.61. The van der Waals surface area contributed by atoms with Crippen LogP contribution in [-0.2, 0) is 0 Å². The van der Waals surface area contributed by atoms with Crippen molar-refractivity contribution in [1.29, 1.82) is 5.26 Å². The van der Waals surface area contributed by atoms with Gasteiger partial charge in [0.15, 0.2) is 5.43 Å². The highest BCUT2D eigenvalue weighted by molar-refractivity contribution is 5.28. The summed E-state index contributed by atoms with van der Waals surface area (Å²) in [5, 5.41) is 8.41. The first-order chi connectivity index (χ1) is 6.06. The Bertz CT molecular complexity index is 417. The lowest BCUT2D eigenvalue weighted by Crippen LogP contribution is -2.13. The first kappa shape index (κ1) is 9.39. The van der Waals surface area contributed by atoms with Crippen LogP contribution in [-0.4, -0.2) is 4.98 Å². The van der Waals surface area contributed by atoms with Crippen LogP contribution in [0.4, 0.5) is 8.78 Å². The molecule has 5 heteroatoms. The molecule has 1 aromatic heterocycles. The van der Waals surface area contributed by atoms with E-state index in [4.69, 9.17) is 5.26 Å². The maximum absolute atomic E-state index is 12.2. The summed E-state index contributed by atoms with van der Waals surface area (Å²) >= 11 is 0. The van der Waals surface area contributed by atoms with E-state index < -0.39 is 17.4 Å². The van der Waals surface area contributed by atoms with Crippen molar-refractivity contribution in [3.63, 3.8) is 0 Å². The zero-order chi connectivity index (χ0) is 10.0. The van der Waals surface area contributed by atoms with Gasteiger partial charge in [-0.05, 0) is 6.92 Å². The van der Waals surface area contributed by atoms with Gasteiger partial charge in [-0.3, -0.25) is 4.79 Å². The molecule has 1 heterocycles. The minimum absolute atomic E-state index is 0.00750. The molecule has 0 saturated heterocycles. The van der Waals surface area contributed by atoms with E-state index in [1.54, 1.807) is 6.07 Å². The maximum atomic E-state index is 12.2. The molecule has 1 aromatic rings. The fourth-order valence-corrected chi connectivity index (χ4v) is 1.03. The molecule has 0 radical (unpaired) electrons. The number of hydrogen-bond donors (Lipinski definition) is 1. The van der Waals surface area contributed by atoms with Gasteiger partial charge in [0.05, 0.1) is 5.56 Å². The number of hydrogen-bond acceptors (Lipinski definition) is 2. The van der Waals surface area contributed by atoms with Crippen LogP contribution >= 0.6 is 0 Å². The number of H-pyrrole nitrogens is 1. The van der Waals surface area contributed by atoms with Gasteiger partial charge in [0.1, 0.15) is 11.8 Å². The minimum Gasteiger partial charge on any atom is -0.350 e. The monoisotopic (exact) mass is 184 g/mol. The number of aryl methyl sites for hydroxylation is 1. The van der Waals surface area contributed by atoms with Crippen molar-refractivity contribution < 1.29 is 8.78 Å². The van der Waals surface area contributed by atoms with Crippen LogP contribution in [0.5, 0.6) is 0 Å². The molecule has 68 valence electrons. The molecule has 0 aromatic carbocycles. The van der Waals surface area contributed by atoms with Crippen LogP contribution in [0.25, 0.3) is 0 Å². The number of aromatic amines is 1. The molecule has 0 bridgehead atoms. The highest BCUT2D eigenvalue weighted by atomic mass is 19.3. The third kappa shape index (κ3) is 1.72. The van der Waals surface area contributed by atoms with Gasteiger partial charge >= 0.3 is 0 Å². The second kappa shape index (κ2) is 3.35. The molecule has 0 aliphatic carbocycles. The number of alkyl halides is 2. The van der Waals surface area contributed by atoms with Gasteiger partial charge in [0, 0.05) is 11.8 Å². The molecule has 0 atom stereocenters. The molecule has 0 saturated carbocycles. The summed E-state index contributed by atoms with van der Waals surface area (Å²) in [4.78, 5) is 13.4. The standard InChI is InChI=1S/C8H6F2N2O/c1-4-7(8(9)10)6(13)2-5(3-11)12-4/h2,8H,1H3,(H,12,13). The number of aromatic nitrogens is 1. The smallest absolute Gasteiger partial charge is 0.269 e. The van der Waals surface area contributed by atoms with Crippen LogP contribution in [0.1, 0.15) is 23.4 Å². The Balaban J connectivity index is 3.43. The Morgan fingerprint density at radius 3 is 2.62 bits per heavy atom. The molecule has 0 amide bonds. The Morgan fingerprint density at radius 1 is 1.62 bits per heavy atom. The van der Waals surface area contributed by atoms with Crippen molar-refractivity contribution in [1.82, 2.24) is 4.98 Å². The first-order valence-corrected chi connectivity index (χ1v) is 3.48. The van der Waals surface area contributed by atoms with E-state index in [1.165, 1.54) is 6.92 Å². The van der Waals surface area contributed by atoms with Gasteiger partial charge in [-0.25, -0.2) is 8.78 Å². The second-order valence-electron chi connectivity index (χ2n) is 2.50. The number of nitrogens with zero attached hydrogens (tertiary/aromatic N) is 1. The average Bonchev–Trinajstić information content (AvgIpc) is 2.02. The second-order valence-corrected chi connectivity index (χ2v) is 2.50. The van der Waals surface area contributed by atoms with Crippen molar-refractivity contribution in [3.8, 4) is 6.07 Å². The van der Waals surface area contributed by atoms with Crippen LogP contribution in [0.15, 0.2) is 10.9 Å².